The summed E-state index contributed by atoms with van der Waals surface area (Å²) in [7, 11) is 0. The molecule has 1 aliphatic heterocycles. The van der Waals surface area contributed by atoms with Crippen molar-refractivity contribution in [3.63, 3.8) is 0 Å². The standard InChI is InChI=1S/C14H16N2O2/c17-12-14(16-13(18)15-12)9-5-4-8-11(14)10-6-2-1-3-7-10/h1-3,6-7,11H,4-5,8-9H2,(H2,15,16,17,18)/t11-,14+/m0/s1. The lowest BCUT2D eigenvalue weighted by Crippen LogP contribution is -2.53. The van der Waals surface area contributed by atoms with E-state index in [0.717, 1.165) is 31.2 Å². The molecule has 0 unspecified atom stereocenters. The van der Waals surface area contributed by atoms with Crippen LogP contribution in [0.1, 0.15) is 37.2 Å². The second kappa shape index (κ2) is 4.12. The van der Waals surface area contributed by atoms with Gasteiger partial charge in [-0.1, -0.05) is 43.2 Å². The molecule has 1 saturated carbocycles. The first-order chi connectivity index (χ1) is 8.72. The molecule has 3 rings (SSSR count). The molecule has 1 heterocycles. The number of hydrogen-bond donors (Lipinski definition) is 2. The lowest BCUT2D eigenvalue weighted by molar-refractivity contribution is -0.125. The molecule has 1 aliphatic carbocycles. The molecule has 18 heavy (non-hydrogen) atoms. The van der Waals surface area contributed by atoms with Crippen molar-refractivity contribution < 1.29 is 9.59 Å². The third-order valence-corrected chi connectivity index (χ3v) is 4.08. The molecule has 2 N–H and O–H groups in total. The second-order valence-electron chi connectivity index (χ2n) is 5.09. The Labute approximate surface area is 106 Å². The Morgan fingerprint density at radius 1 is 1.11 bits per heavy atom. The lowest BCUT2D eigenvalue weighted by atomic mass is 9.69. The Kier molecular flexibility index (Phi) is 2.58. The molecular formula is C14H16N2O2. The number of carbonyl (C=O) groups is 2. The zero-order valence-electron chi connectivity index (χ0n) is 10.1. The maximum atomic E-state index is 12.2. The van der Waals surface area contributed by atoms with E-state index in [0.29, 0.717) is 0 Å². The first-order valence-electron chi connectivity index (χ1n) is 6.41. The smallest absolute Gasteiger partial charge is 0.322 e. The summed E-state index contributed by atoms with van der Waals surface area (Å²) in [5.41, 5.74) is 0.408. The zero-order chi connectivity index (χ0) is 12.6. The van der Waals surface area contributed by atoms with Crippen LogP contribution >= 0.6 is 0 Å². The second-order valence-corrected chi connectivity index (χ2v) is 5.09. The van der Waals surface area contributed by atoms with E-state index in [2.05, 4.69) is 10.6 Å². The number of benzene rings is 1. The fourth-order valence-corrected chi connectivity index (χ4v) is 3.24. The summed E-state index contributed by atoms with van der Waals surface area (Å²) in [6.45, 7) is 0. The van der Waals surface area contributed by atoms with Crippen LogP contribution in [0.2, 0.25) is 0 Å². The molecule has 0 radical (unpaired) electrons. The first kappa shape index (κ1) is 11.3. The Morgan fingerprint density at radius 3 is 2.56 bits per heavy atom. The number of amides is 3. The van der Waals surface area contributed by atoms with Crippen LogP contribution in [0.25, 0.3) is 0 Å². The maximum Gasteiger partial charge on any atom is 0.322 e. The molecule has 4 heteroatoms. The topological polar surface area (TPSA) is 58.2 Å². The van der Waals surface area contributed by atoms with E-state index in [1.807, 2.05) is 30.3 Å². The molecule has 1 aromatic carbocycles. The Balaban J connectivity index is 2.01. The third-order valence-electron chi connectivity index (χ3n) is 4.08. The fourth-order valence-electron chi connectivity index (χ4n) is 3.24. The van der Waals surface area contributed by atoms with Crippen molar-refractivity contribution in [2.24, 2.45) is 0 Å². The molecule has 94 valence electrons. The quantitative estimate of drug-likeness (QED) is 0.741. The Hall–Kier alpha value is -1.84. The number of urea groups is 1. The highest BCUT2D eigenvalue weighted by Crippen LogP contribution is 2.42. The van der Waals surface area contributed by atoms with Crippen molar-refractivity contribution in [2.45, 2.75) is 37.1 Å². The van der Waals surface area contributed by atoms with E-state index in [-0.39, 0.29) is 17.9 Å². The summed E-state index contributed by atoms with van der Waals surface area (Å²) in [5.74, 6) is -0.0834. The number of hydrogen-bond acceptors (Lipinski definition) is 2. The van der Waals surface area contributed by atoms with Gasteiger partial charge in [0, 0.05) is 5.92 Å². The van der Waals surface area contributed by atoms with E-state index in [4.69, 9.17) is 0 Å². The van der Waals surface area contributed by atoms with Crippen LogP contribution in [0.3, 0.4) is 0 Å². The van der Waals surface area contributed by atoms with Gasteiger partial charge in [-0.25, -0.2) is 4.79 Å². The van der Waals surface area contributed by atoms with Crippen molar-refractivity contribution >= 4 is 11.9 Å². The average Bonchev–Trinajstić information content (AvgIpc) is 2.66. The highest BCUT2D eigenvalue weighted by molar-refractivity contribution is 6.07. The largest absolute Gasteiger partial charge is 0.323 e. The number of carbonyl (C=O) groups excluding carboxylic acids is 2. The zero-order valence-corrected chi connectivity index (χ0v) is 10.1. The SMILES string of the molecule is O=C1NC(=O)[C@]2(CCCC[C@H]2c2ccccc2)N1. The molecule has 3 amide bonds. The van der Waals surface area contributed by atoms with Gasteiger partial charge < -0.3 is 5.32 Å². The summed E-state index contributed by atoms with van der Waals surface area (Å²) in [6.07, 6.45) is 3.75. The van der Waals surface area contributed by atoms with Crippen LogP contribution in [0.5, 0.6) is 0 Å². The van der Waals surface area contributed by atoms with Gasteiger partial charge in [-0.05, 0) is 18.4 Å². The van der Waals surface area contributed by atoms with Crippen LogP contribution in [-0.2, 0) is 4.79 Å². The third kappa shape index (κ3) is 1.60. The molecule has 0 bridgehead atoms. The molecule has 2 fully saturated rings. The molecule has 2 aliphatic rings. The average molecular weight is 244 g/mol. The molecule has 1 aromatic rings. The Morgan fingerprint density at radius 2 is 1.89 bits per heavy atom. The van der Waals surface area contributed by atoms with Crippen LogP contribution in [-0.4, -0.2) is 17.5 Å². The van der Waals surface area contributed by atoms with E-state index in [1.165, 1.54) is 0 Å². The van der Waals surface area contributed by atoms with Gasteiger partial charge in [-0.3, -0.25) is 10.1 Å². The van der Waals surface area contributed by atoms with E-state index in [9.17, 15) is 9.59 Å². The molecule has 0 aromatic heterocycles. The van der Waals surface area contributed by atoms with Gasteiger partial charge >= 0.3 is 6.03 Å². The maximum absolute atomic E-state index is 12.2. The van der Waals surface area contributed by atoms with E-state index in [1.54, 1.807) is 0 Å². The van der Waals surface area contributed by atoms with E-state index < -0.39 is 5.54 Å². The van der Waals surface area contributed by atoms with E-state index >= 15 is 0 Å². The molecular weight excluding hydrogens is 228 g/mol. The number of imide groups is 1. The fraction of sp³-hybridized carbons (Fsp3) is 0.429. The summed E-state index contributed by atoms with van der Waals surface area (Å²) in [5, 5.41) is 5.26. The number of rotatable bonds is 1. The summed E-state index contributed by atoms with van der Waals surface area (Å²) in [4.78, 5) is 23.6. The van der Waals surface area contributed by atoms with Crippen LogP contribution < -0.4 is 10.6 Å². The van der Waals surface area contributed by atoms with Crippen molar-refractivity contribution in [2.75, 3.05) is 0 Å². The van der Waals surface area contributed by atoms with Crippen LogP contribution in [0.4, 0.5) is 4.79 Å². The first-order valence-corrected chi connectivity index (χ1v) is 6.41. The molecule has 2 atom stereocenters. The van der Waals surface area contributed by atoms with Crippen molar-refractivity contribution in [1.29, 1.82) is 0 Å². The van der Waals surface area contributed by atoms with Gasteiger partial charge in [-0.15, -0.1) is 0 Å². The minimum absolute atomic E-state index is 0.0823. The summed E-state index contributed by atoms with van der Waals surface area (Å²) >= 11 is 0. The van der Waals surface area contributed by atoms with Crippen molar-refractivity contribution in [3.05, 3.63) is 35.9 Å². The normalized spacial score (nSPS) is 31.2. The van der Waals surface area contributed by atoms with Gasteiger partial charge in [0.25, 0.3) is 5.91 Å². The monoisotopic (exact) mass is 244 g/mol. The van der Waals surface area contributed by atoms with Gasteiger partial charge in [0.1, 0.15) is 5.54 Å². The molecule has 1 spiro atoms. The van der Waals surface area contributed by atoms with Gasteiger partial charge in [0.05, 0.1) is 0 Å². The minimum atomic E-state index is -0.726. The predicted octanol–water partition coefficient (Wildman–Crippen LogP) is 1.92. The van der Waals surface area contributed by atoms with Crippen molar-refractivity contribution in [3.8, 4) is 0 Å². The van der Waals surface area contributed by atoms with Gasteiger partial charge in [0.2, 0.25) is 0 Å². The van der Waals surface area contributed by atoms with Gasteiger partial charge in [-0.2, -0.15) is 0 Å². The predicted molar refractivity (Wildman–Crippen MR) is 67.1 cm³/mol. The highest BCUT2D eigenvalue weighted by Gasteiger charge is 2.52. The lowest BCUT2D eigenvalue weighted by Gasteiger charge is -2.38. The van der Waals surface area contributed by atoms with Crippen LogP contribution in [0.15, 0.2) is 30.3 Å². The minimum Gasteiger partial charge on any atom is -0.323 e. The van der Waals surface area contributed by atoms with Crippen LogP contribution in [0, 0.1) is 0 Å². The highest BCUT2D eigenvalue weighted by atomic mass is 16.2. The van der Waals surface area contributed by atoms with Crippen molar-refractivity contribution in [1.82, 2.24) is 10.6 Å². The summed E-state index contributed by atoms with van der Waals surface area (Å²) in [6, 6.07) is 9.64. The molecule has 4 nitrogen and oxygen atoms in total. The molecule has 1 saturated heterocycles. The number of nitrogens with one attached hydrogen (secondary N) is 2. The Bertz CT molecular complexity index is 486. The van der Waals surface area contributed by atoms with Gasteiger partial charge in [0.15, 0.2) is 0 Å². The summed E-state index contributed by atoms with van der Waals surface area (Å²) < 4.78 is 0.